The number of aromatic carboxylic acids is 1. The van der Waals surface area contributed by atoms with Crippen molar-refractivity contribution in [2.24, 2.45) is 0 Å². The van der Waals surface area contributed by atoms with Gasteiger partial charge in [-0.25, -0.2) is 9.78 Å². The van der Waals surface area contributed by atoms with Crippen molar-refractivity contribution in [2.75, 3.05) is 0 Å². The molecular formula is C9H13NO3. The van der Waals surface area contributed by atoms with E-state index in [-0.39, 0.29) is 11.2 Å². The molecule has 0 bridgehead atoms. The lowest BCUT2D eigenvalue weighted by Gasteiger charge is -2.14. The molecule has 0 amide bonds. The molecule has 0 saturated heterocycles. The molecular weight excluding hydrogens is 170 g/mol. The lowest BCUT2D eigenvalue weighted by Crippen LogP contribution is -2.16. The minimum absolute atomic E-state index is 0.0509. The summed E-state index contributed by atoms with van der Waals surface area (Å²) in [5.41, 5.74) is 0.198. The Bertz CT molecular complexity index is 333. The van der Waals surface area contributed by atoms with Gasteiger partial charge in [-0.3, -0.25) is 0 Å². The van der Waals surface area contributed by atoms with Crippen LogP contribution in [0.25, 0.3) is 0 Å². The van der Waals surface area contributed by atoms with Gasteiger partial charge in [-0.15, -0.1) is 0 Å². The molecule has 0 aromatic carbocycles. The van der Waals surface area contributed by atoms with Gasteiger partial charge in [0.2, 0.25) is 5.76 Å². The molecule has 0 aliphatic rings. The van der Waals surface area contributed by atoms with Crippen LogP contribution in [0.1, 0.15) is 42.9 Å². The highest BCUT2D eigenvalue weighted by Gasteiger charge is 2.27. The topological polar surface area (TPSA) is 63.3 Å². The molecule has 1 heterocycles. The smallest absolute Gasteiger partial charge is 0.373 e. The molecule has 1 rings (SSSR count). The van der Waals surface area contributed by atoms with E-state index in [1.807, 2.05) is 20.8 Å². The van der Waals surface area contributed by atoms with Crippen molar-refractivity contribution in [3.63, 3.8) is 0 Å². The van der Waals surface area contributed by atoms with Gasteiger partial charge in [0.15, 0.2) is 5.89 Å². The van der Waals surface area contributed by atoms with Crippen LogP contribution < -0.4 is 0 Å². The summed E-state index contributed by atoms with van der Waals surface area (Å²) in [6.45, 7) is 7.34. The number of aromatic nitrogens is 1. The molecule has 4 heteroatoms. The molecule has 0 fully saturated rings. The Morgan fingerprint density at radius 1 is 1.46 bits per heavy atom. The fourth-order valence-electron chi connectivity index (χ4n) is 1.08. The number of carbonyl (C=O) groups is 1. The van der Waals surface area contributed by atoms with E-state index in [4.69, 9.17) is 9.52 Å². The Hall–Kier alpha value is -1.32. The van der Waals surface area contributed by atoms with E-state index in [1.165, 1.54) is 0 Å². The molecule has 0 atom stereocenters. The Balaban J connectivity index is 3.28. The van der Waals surface area contributed by atoms with E-state index >= 15 is 0 Å². The van der Waals surface area contributed by atoms with Gasteiger partial charge < -0.3 is 9.52 Å². The highest BCUT2D eigenvalue weighted by Crippen LogP contribution is 2.25. The number of nitrogens with zero attached hydrogens (tertiary/aromatic N) is 1. The monoisotopic (exact) mass is 183 g/mol. The highest BCUT2D eigenvalue weighted by atomic mass is 16.4. The van der Waals surface area contributed by atoms with Crippen LogP contribution in [0.2, 0.25) is 0 Å². The molecule has 1 aromatic heterocycles. The maximum absolute atomic E-state index is 10.7. The van der Waals surface area contributed by atoms with Crippen molar-refractivity contribution in [2.45, 2.75) is 33.1 Å². The zero-order valence-corrected chi connectivity index (χ0v) is 8.21. The molecule has 0 unspecified atom stereocenters. The van der Waals surface area contributed by atoms with Crippen molar-refractivity contribution < 1.29 is 14.3 Å². The Kier molecular flexibility index (Phi) is 2.15. The van der Waals surface area contributed by atoms with Gasteiger partial charge >= 0.3 is 5.97 Å². The third kappa shape index (κ3) is 1.88. The molecule has 0 aliphatic heterocycles. The summed E-state index contributed by atoms with van der Waals surface area (Å²) in [7, 11) is 0. The zero-order valence-electron chi connectivity index (χ0n) is 8.21. The summed E-state index contributed by atoms with van der Waals surface area (Å²) >= 11 is 0. The van der Waals surface area contributed by atoms with Crippen LogP contribution in [0.4, 0.5) is 0 Å². The van der Waals surface area contributed by atoms with E-state index in [0.717, 1.165) is 0 Å². The predicted molar refractivity (Wildman–Crippen MR) is 46.9 cm³/mol. The first-order valence-electron chi connectivity index (χ1n) is 4.03. The lowest BCUT2D eigenvalue weighted by atomic mass is 9.91. The van der Waals surface area contributed by atoms with Gasteiger partial charge in [0.25, 0.3) is 0 Å². The van der Waals surface area contributed by atoms with Gasteiger partial charge in [0, 0.05) is 12.3 Å². The quantitative estimate of drug-likeness (QED) is 0.723. The molecule has 4 nitrogen and oxygen atoms in total. The average Bonchev–Trinajstić information content (AvgIpc) is 2.29. The standard InChI is InChI=1S/C9H13NO3/c1-5-10-7(9(2,3)4)6(13-5)8(11)12/h1-4H3,(H,11,12). The predicted octanol–water partition coefficient (Wildman–Crippen LogP) is 1.98. The molecule has 1 N–H and O–H groups in total. The van der Waals surface area contributed by atoms with Crippen molar-refractivity contribution in [1.82, 2.24) is 4.98 Å². The van der Waals surface area contributed by atoms with Crippen LogP contribution in [0.5, 0.6) is 0 Å². The molecule has 0 saturated carbocycles. The lowest BCUT2D eigenvalue weighted by molar-refractivity contribution is 0.0657. The summed E-state index contributed by atoms with van der Waals surface area (Å²) < 4.78 is 4.99. The minimum Gasteiger partial charge on any atom is -0.475 e. The van der Waals surface area contributed by atoms with Crippen molar-refractivity contribution in [1.29, 1.82) is 0 Å². The van der Waals surface area contributed by atoms with Crippen LogP contribution in [0.3, 0.4) is 0 Å². The molecule has 1 aromatic rings. The second kappa shape index (κ2) is 2.87. The summed E-state index contributed by atoms with van der Waals surface area (Å²) in [5.74, 6) is -0.724. The van der Waals surface area contributed by atoms with Crippen LogP contribution >= 0.6 is 0 Å². The van der Waals surface area contributed by atoms with Gasteiger partial charge in [0.1, 0.15) is 0 Å². The SMILES string of the molecule is Cc1nc(C(C)(C)C)c(C(=O)O)o1. The number of carboxylic acid groups (broad SMARTS) is 1. The second-order valence-electron chi connectivity index (χ2n) is 3.97. The van der Waals surface area contributed by atoms with Crippen LogP contribution in [0, 0.1) is 6.92 Å². The molecule has 13 heavy (non-hydrogen) atoms. The van der Waals surface area contributed by atoms with Crippen LogP contribution in [-0.2, 0) is 5.41 Å². The largest absolute Gasteiger partial charge is 0.475 e. The van der Waals surface area contributed by atoms with Gasteiger partial charge in [-0.05, 0) is 0 Å². The molecule has 0 spiro atoms. The number of aryl methyl sites for hydroxylation is 1. The first-order valence-corrected chi connectivity index (χ1v) is 4.03. The molecule has 0 radical (unpaired) electrons. The summed E-state index contributed by atoms with van der Waals surface area (Å²) in [6, 6.07) is 0. The van der Waals surface area contributed by atoms with Crippen molar-refractivity contribution in [3.05, 3.63) is 17.3 Å². The number of oxazole rings is 1. The fraction of sp³-hybridized carbons (Fsp3) is 0.556. The Morgan fingerprint density at radius 2 is 2.00 bits per heavy atom. The van der Waals surface area contributed by atoms with E-state index in [2.05, 4.69) is 4.98 Å². The maximum atomic E-state index is 10.7. The van der Waals surface area contributed by atoms with Crippen molar-refractivity contribution in [3.8, 4) is 0 Å². The number of rotatable bonds is 1. The first-order chi connectivity index (χ1) is 5.82. The fourth-order valence-corrected chi connectivity index (χ4v) is 1.08. The highest BCUT2D eigenvalue weighted by molar-refractivity contribution is 5.85. The van der Waals surface area contributed by atoms with E-state index < -0.39 is 5.97 Å². The molecule has 72 valence electrons. The van der Waals surface area contributed by atoms with Gasteiger partial charge in [-0.1, -0.05) is 20.8 Å². The average molecular weight is 183 g/mol. The second-order valence-corrected chi connectivity index (χ2v) is 3.97. The molecule has 0 aliphatic carbocycles. The maximum Gasteiger partial charge on any atom is 0.373 e. The van der Waals surface area contributed by atoms with Crippen LogP contribution in [0.15, 0.2) is 4.42 Å². The minimum atomic E-state index is -1.06. The van der Waals surface area contributed by atoms with Gasteiger partial charge in [-0.2, -0.15) is 0 Å². The van der Waals surface area contributed by atoms with Gasteiger partial charge in [0.05, 0.1) is 5.69 Å². The Morgan fingerprint density at radius 3 is 2.31 bits per heavy atom. The normalized spacial score (nSPS) is 11.7. The van der Waals surface area contributed by atoms with Crippen molar-refractivity contribution >= 4 is 5.97 Å². The van der Waals surface area contributed by atoms with E-state index in [9.17, 15) is 4.79 Å². The third-order valence-electron chi connectivity index (χ3n) is 1.64. The zero-order chi connectivity index (χ0) is 10.2. The first kappa shape index (κ1) is 9.77. The number of hydrogen-bond acceptors (Lipinski definition) is 3. The van der Waals surface area contributed by atoms with E-state index in [0.29, 0.717) is 11.6 Å². The summed E-state index contributed by atoms with van der Waals surface area (Å²) in [6.07, 6.45) is 0. The third-order valence-corrected chi connectivity index (χ3v) is 1.64. The van der Waals surface area contributed by atoms with Crippen LogP contribution in [-0.4, -0.2) is 16.1 Å². The number of carboxylic acids is 1. The number of hydrogen-bond donors (Lipinski definition) is 1. The Labute approximate surface area is 76.6 Å². The summed E-state index contributed by atoms with van der Waals surface area (Å²) in [5, 5.41) is 8.81. The van der Waals surface area contributed by atoms with E-state index in [1.54, 1.807) is 6.92 Å². The summed E-state index contributed by atoms with van der Waals surface area (Å²) in [4.78, 5) is 14.8.